The van der Waals surface area contributed by atoms with Crippen LogP contribution in [0.3, 0.4) is 0 Å². The van der Waals surface area contributed by atoms with Crippen molar-refractivity contribution in [2.45, 2.75) is 128 Å². The lowest BCUT2D eigenvalue weighted by atomic mass is 9.45. The molecule has 1 aromatic rings. The first-order valence-corrected chi connectivity index (χ1v) is 19.5. The first-order chi connectivity index (χ1) is 22.5. The van der Waals surface area contributed by atoms with E-state index in [4.69, 9.17) is 4.74 Å². The van der Waals surface area contributed by atoms with Gasteiger partial charge in [-0.05, 0) is 170 Å². The Balaban J connectivity index is 0.000000134. The van der Waals surface area contributed by atoms with Gasteiger partial charge in [0, 0.05) is 24.2 Å². The van der Waals surface area contributed by atoms with E-state index in [1.165, 1.54) is 61.6 Å². The Morgan fingerprint density at radius 2 is 1.62 bits per heavy atom. The molecule has 9 aliphatic carbocycles. The fourth-order valence-corrected chi connectivity index (χ4v) is 15.3. The largest absolute Gasteiger partial charge is 0.508 e. The van der Waals surface area contributed by atoms with E-state index in [-0.39, 0.29) is 39.4 Å². The molecule has 1 heterocycles. The van der Waals surface area contributed by atoms with E-state index in [2.05, 4.69) is 32.9 Å². The molecule has 7 saturated carbocycles. The zero-order chi connectivity index (χ0) is 32.2. The Morgan fingerprint density at radius 1 is 0.792 bits per heavy atom. The number of phenolic OH excluding ortho intramolecular Hbond substituents is 1. The van der Waals surface area contributed by atoms with Crippen molar-refractivity contribution in [2.24, 2.45) is 69.5 Å². The van der Waals surface area contributed by atoms with Crippen LogP contribution in [-0.4, -0.2) is 39.1 Å². The number of rotatable bonds is 0. The summed E-state index contributed by atoms with van der Waals surface area (Å²) >= 11 is 0. The molecule has 1 aliphatic heterocycles. The van der Waals surface area contributed by atoms with Crippen molar-refractivity contribution in [3.05, 3.63) is 41.0 Å². The summed E-state index contributed by atoms with van der Waals surface area (Å²) in [7, 11) is 0. The highest BCUT2D eigenvalue weighted by atomic mass is 16.6. The highest BCUT2D eigenvalue weighted by Gasteiger charge is 2.81. The van der Waals surface area contributed by atoms with Crippen LogP contribution in [0.4, 0.5) is 0 Å². The number of aryl methyl sites for hydroxylation is 1. The molecule has 0 aromatic heterocycles. The molecule has 0 bridgehead atoms. The fraction of sp³-hybridized carbons (Fsp3) is 0.762. The Hall–Kier alpha value is -2.18. The molecule has 0 radical (unpaired) electrons. The van der Waals surface area contributed by atoms with Gasteiger partial charge in [-0.3, -0.25) is 9.59 Å². The number of hydrogen-bond donors (Lipinski definition) is 2. The fourth-order valence-electron chi connectivity index (χ4n) is 15.3. The summed E-state index contributed by atoms with van der Waals surface area (Å²) in [4.78, 5) is 24.3. The predicted octanol–water partition coefficient (Wildman–Crippen LogP) is 7.09. The number of benzene rings is 1. The molecular formula is C42H56O6. The zero-order valence-electron chi connectivity index (χ0n) is 29.2. The highest BCUT2D eigenvalue weighted by molar-refractivity contribution is 5.92. The number of ether oxygens (including phenoxy) is 1. The Labute approximate surface area is 285 Å². The van der Waals surface area contributed by atoms with Crippen molar-refractivity contribution in [3.8, 4) is 5.75 Å². The molecule has 0 unspecified atom stereocenters. The van der Waals surface area contributed by atoms with E-state index in [0.717, 1.165) is 74.0 Å². The molecule has 260 valence electrons. The molecule has 8 fully saturated rings. The number of fused-ring (bicyclic) bond motifs is 17. The summed E-state index contributed by atoms with van der Waals surface area (Å²) in [6.45, 7) is 7.30. The lowest BCUT2D eigenvalue weighted by molar-refractivity contribution is -0.177. The molecule has 1 saturated heterocycles. The third-order valence-electron chi connectivity index (χ3n) is 17.5. The SMILES string of the molecule is C[C@]12CCC(=O)C=C1[C@@H]1C[C@@H]1[C@H]1[C@@H]3[C@@H]4C[C@@H]4[C@@]4(CCC(=O)O4)[C@@]3(C)CC[C@@H]12.C[C@]12CC[C@@H]3c4ccc(O)cc4CC[C@H]3[C@@H]1CC[C@@H]2O.O. The van der Waals surface area contributed by atoms with Gasteiger partial charge in [-0.25, -0.2) is 0 Å². The summed E-state index contributed by atoms with van der Waals surface area (Å²) in [5.41, 5.74) is 4.84. The molecule has 1 spiro atoms. The van der Waals surface area contributed by atoms with Gasteiger partial charge in [-0.15, -0.1) is 0 Å². The average molecular weight is 657 g/mol. The molecule has 10 aliphatic rings. The lowest BCUT2D eigenvalue weighted by Gasteiger charge is -2.60. The van der Waals surface area contributed by atoms with Crippen LogP contribution in [0.15, 0.2) is 29.8 Å². The third-order valence-corrected chi connectivity index (χ3v) is 17.5. The predicted molar refractivity (Wildman–Crippen MR) is 182 cm³/mol. The summed E-state index contributed by atoms with van der Waals surface area (Å²) in [5, 5.41) is 20.0. The van der Waals surface area contributed by atoms with Gasteiger partial charge < -0.3 is 20.4 Å². The second-order valence-corrected chi connectivity index (χ2v) is 19.0. The summed E-state index contributed by atoms with van der Waals surface area (Å²) in [6.07, 6.45) is 17.4. The Kier molecular flexibility index (Phi) is 6.76. The van der Waals surface area contributed by atoms with Crippen LogP contribution in [-0.2, 0) is 20.7 Å². The van der Waals surface area contributed by atoms with Crippen LogP contribution in [0.25, 0.3) is 0 Å². The number of carbonyl (C=O) groups excluding carboxylic acids is 2. The van der Waals surface area contributed by atoms with Gasteiger partial charge in [0.1, 0.15) is 11.4 Å². The third kappa shape index (κ3) is 3.94. The summed E-state index contributed by atoms with van der Waals surface area (Å²) in [5.74, 6) is 8.14. The number of aliphatic hydroxyl groups excluding tert-OH is 1. The quantitative estimate of drug-likeness (QED) is 0.290. The van der Waals surface area contributed by atoms with E-state index in [1.807, 2.05) is 12.1 Å². The van der Waals surface area contributed by atoms with Gasteiger partial charge >= 0.3 is 5.97 Å². The van der Waals surface area contributed by atoms with Crippen LogP contribution >= 0.6 is 0 Å². The van der Waals surface area contributed by atoms with Gasteiger partial charge in [-0.2, -0.15) is 0 Å². The minimum absolute atomic E-state index is 0. The second-order valence-electron chi connectivity index (χ2n) is 19.0. The molecule has 11 rings (SSSR count). The van der Waals surface area contributed by atoms with E-state index in [9.17, 15) is 19.8 Å². The Bertz CT molecular complexity index is 1600. The van der Waals surface area contributed by atoms with Crippen LogP contribution in [0.2, 0.25) is 0 Å². The number of carbonyl (C=O) groups is 2. The molecule has 15 atom stereocenters. The van der Waals surface area contributed by atoms with Crippen molar-refractivity contribution in [1.82, 2.24) is 0 Å². The first kappa shape index (κ1) is 31.8. The van der Waals surface area contributed by atoms with Gasteiger partial charge in [0.25, 0.3) is 0 Å². The van der Waals surface area contributed by atoms with E-state index < -0.39 is 0 Å². The standard InChI is InChI=1S/C24H30O3.C18H24O2.H2O/c1-22-6-3-12(25)9-17(22)13-10-14(13)20-16(22)4-7-23(2)21(20)15-11-18(15)24(23)8-5-19(26)27-24;1-18-9-8-14-13-5-3-12(19)10-11(13)2-4-15(14)16(18)6-7-17(18)20;/h9,13-16,18,20-21H,3-8,10-11H2,1-2H3;3,5,10,14-17,19-20H,2,4,6-9H2,1H3;1H2/t13-,14+,15-,16+,18+,20-,21+,22-,23+,24+;14-,15-,16+,17+,18+;/m11./s1. The van der Waals surface area contributed by atoms with E-state index in [0.29, 0.717) is 41.6 Å². The molecule has 4 N–H and O–H groups in total. The van der Waals surface area contributed by atoms with Crippen molar-refractivity contribution in [1.29, 1.82) is 0 Å². The van der Waals surface area contributed by atoms with Crippen LogP contribution in [0, 0.1) is 69.5 Å². The Morgan fingerprint density at radius 3 is 2.42 bits per heavy atom. The number of aromatic hydroxyl groups is 1. The van der Waals surface area contributed by atoms with Crippen molar-refractivity contribution >= 4 is 11.8 Å². The molecule has 48 heavy (non-hydrogen) atoms. The minimum Gasteiger partial charge on any atom is -0.508 e. The monoisotopic (exact) mass is 656 g/mol. The maximum Gasteiger partial charge on any atom is 0.306 e. The molecular weight excluding hydrogens is 600 g/mol. The maximum absolute atomic E-state index is 12.2. The smallest absolute Gasteiger partial charge is 0.306 e. The first-order valence-electron chi connectivity index (χ1n) is 19.5. The van der Waals surface area contributed by atoms with Gasteiger partial charge in [0.05, 0.1) is 6.10 Å². The number of ketones is 1. The molecule has 1 aromatic carbocycles. The lowest BCUT2D eigenvalue weighted by Crippen LogP contribution is -2.57. The van der Waals surface area contributed by atoms with Crippen LogP contribution in [0.1, 0.15) is 121 Å². The average Bonchev–Trinajstić information content (AvgIpc) is 3.94. The van der Waals surface area contributed by atoms with Crippen molar-refractivity contribution < 1.29 is 30.0 Å². The van der Waals surface area contributed by atoms with E-state index in [1.54, 1.807) is 0 Å². The van der Waals surface area contributed by atoms with Crippen molar-refractivity contribution in [3.63, 3.8) is 0 Å². The van der Waals surface area contributed by atoms with Crippen LogP contribution < -0.4 is 0 Å². The van der Waals surface area contributed by atoms with E-state index >= 15 is 0 Å². The van der Waals surface area contributed by atoms with Gasteiger partial charge in [-0.1, -0.05) is 32.4 Å². The topological polar surface area (TPSA) is 115 Å². The zero-order valence-corrected chi connectivity index (χ0v) is 29.2. The number of esters is 1. The number of phenols is 1. The van der Waals surface area contributed by atoms with Crippen molar-refractivity contribution in [2.75, 3.05) is 0 Å². The maximum atomic E-state index is 12.2. The number of aliphatic hydroxyl groups is 1. The molecule has 6 nitrogen and oxygen atoms in total. The number of allylic oxidation sites excluding steroid dienone is 1. The summed E-state index contributed by atoms with van der Waals surface area (Å²) < 4.78 is 6.22. The van der Waals surface area contributed by atoms with Gasteiger partial charge in [0.2, 0.25) is 0 Å². The number of hydrogen-bond acceptors (Lipinski definition) is 5. The summed E-state index contributed by atoms with van der Waals surface area (Å²) in [6, 6.07) is 5.96. The molecule has 6 heteroatoms. The molecule has 0 amide bonds. The minimum atomic E-state index is -0.131. The van der Waals surface area contributed by atoms with Gasteiger partial charge in [0.15, 0.2) is 5.78 Å². The van der Waals surface area contributed by atoms with Crippen LogP contribution in [0.5, 0.6) is 5.75 Å². The normalized spacial score (nSPS) is 52.7. The highest BCUT2D eigenvalue weighted by Crippen LogP contribution is 2.82. The second kappa shape index (κ2) is 10.2.